The molecule has 0 radical (unpaired) electrons. The Balaban J connectivity index is 2.71. The smallest absolute Gasteiger partial charge is 0.391 e. The van der Waals surface area contributed by atoms with E-state index in [2.05, 4.69) is 15.3 Å². The molecule has 108 valence electrons. The van der Waals surface area contributed by atoms with Gasteiger partial charge in [-0.25, -0.2) is 9.97 Å². The van der Waals surface area contributed by atoms with Gasteiger partial charge in [0.2, 0.25) is 5.82 Å². The Morgan fingerprint density at radius 1 is 1.37 bits per heavy atom. The summed E-state index contributed by atoms with van der Waals surface area (Å²) in [7, 11) is 0. The molecule has 0 aromatic carbocycles. The molecule has 4 nitrogen and oxygen atoms in total. The molecule has 8 heteroatoms. The van der Waals surface area contributed by atoms with E-state index in [1.54, 1.807) is 0 Å². The van der Waals surface area contributed by atoms with Crippen molar-refractivity contribution in [2.45, 2.75) is 32.5 Å². The van der Waals surface area contributed by atoms with Crippen molar-refractivity contribution in [3.63, 3.8) is 0 Å². The maximum Gasteiger partial charge on any atom is 0.451 e. The topological polar surface area (TPSA) is 58.0 Å². The second-order valence-corrected chi connectivity index (χ2v) is 4.95. The molecule has 1 aromatic rings. The summed E-state index contributed by atoms with van der Waals surface area (Å²) < 4.78 is 37.4. The number of aliphatic hydroxyl groups excluding tert-OH is 1. The van der Waals surface area contributed by atoms with Gasteiger partial charge in [-0.3, -0.25) is 0 Å². The number of anilines is 1. The fourth-order valence-corrected chi connectivity index (χ4v) is 1.67. The first-order valence-corrected chi connectivity index (χ1v) is 6.10. The monoisotopic (exact) mass is 297 g/mol. The number of rotatable bonds is 5. The van der Waals surface area contributed by atoms with E-state index in [4.69, 9.17) is 11.6 Å². The van der Waals surface area contributed by atoms with Gasteiger partial charge in [0.05, 0.1) is 6.10 Å². The summed E-state index contributed by atoms with van der Waals surface area (Å²) in [6, 6.07) is 1.18. The molecule has 1 heterocycles. The van der Waals surface area contributed by atoms with Crippen LogP contribution >= 0.6 is 11.6 Å². The zero-order valence-corrected chi connectivity index (χ0v) is 11.3. The van der Waals surface area contributed by atoms with Crippen LogP contribution in [0.15, 0.2) is 6.07 Å². The third-order valence-electron chi connectivity index (χ3n) is 2.21. The number of aromatic nitrogens is 2. The zero-order chi connectivity index (χ0) is 14.6. The minimum Gasteiger partial charge on any atom is -0.391 e. The molecule has 2 N–H and O–H groups in total. The highest BCUT2D eigenvalue weighted by atomic mass is 35.5. The summed E-state index contributed by atoms with van der Waals surface area (Å²) in [6.07, 6.45) is -4.78. The Bertz CT molecular complexity index is 426. The van der Waals surface area contributed by atoms with Gasteiger partial charge in [0.15, 0.2) is 0 Å². The van der Waals surface area contributed by atoms with Crippen molar-refractivity contribution < 1.29 is 18.3 Å². The summed E-state index contributed by atoms with van der Waals surface area (Å²) in [4.78, 5) is 6.42. The van der Waals surface area contributed by atoms with Crippen LogP contribution in [0.3, 0.4) is 0 Å². The molecular weight excluding hydrogens is 283 g/mol. The van der Waals surface area contributed by atoms with Crippen LogP contribution in [0.1, 0.15) is 26.1 Å². The fourth-order valence-electron chi connectivity index (χ4n) is 1.48. The van der Waals surface area contributed by atoms with Crippen LogP contribution in [0.2, 0.25) is 5.15 Å². The van der Waals surface area contributed by atoms with Gasteiger partial charge in [-0.05, 0) is 12.3 Å². The average molecular weight is 298 g/mol. The first kappa shape index (κ1) is 16.0. The predicted octanol–water partition coefficient (Wildman–Crippen LogP) is 2.97. The second kappa shape index (κ2) is 6.38. The van der Waals surface area contributed by atoms with Crippen molar-refractivity contribution in [2.75, 3.05) is 11.9 Å². The van der Waals surface area contributed by atoms with Crippen LogP contribution < -0.4 is 5.32 Å². The van der Waals surface area contributed by atoms with Crippen molar-refractivity contribution in [1.29, 1.82) is 0 Å². The maximum atomic E-state index is 12.5. The Kier molecular flexibility index (Phi) is 5.37. The van der Waals surface area contributed by atoms with Crippen LogP contribution in [0.5, 0.6) is 0 Å². The standard InChI is InChI=1S/C11H15ClF3N3O/c1-6(2)3-7(19)5-16-9-4-8(12)17-10(18-9)11(13,14)15/h4,6-7,19H,3,5H2,1-2H3,(H,16,17,18). The fraction of sp³-hybridized carbons (Fsp3) is 0.636. The normalized spacial score (nSPS) is 13.7. The van der Waals surface area contributed by atoms with Gasteiger partial charge in [0.1, 0.15) is 11.0 Å². The van der Waals surface area contributed by atoms with Gasteiger partial charge in [0.25, 0.3) is 0 Å². The van der Waals surface area contributed by atoms with E-state index >= 15 is 0 Å². The zero-order valence-electron chi connectivity index (χ0n) is 10.5. The minimum atomic E-state index is -4.65. The minimum absolute atomic E-state index is 0.0601. The first-order chi connectivity index (χ1) is 8.68. The Hall–Kier alpha value is -1.08. The van der Waals surface area contributed by atoms with Gasteiger partial charge >= 0.3 is 6.18 Å². The summed E-state index contributed by atoms with van der Waals surface area (Å²) in [5.41, 5.74) is 0. The van der Waals surface area contributed by atoms with Gasteiger partial charge in [-0.1, -0.05) is 25.4 Å². The second-order valence-electron chi connectivity index (χ2n) is 4.56. The Labute approximate surface area is 114 Å². The van der Waals surface area contributed by atoms with E-state index in [-0.39, 0.29) is 23.4 Å². The molecule has 0 aliphatic heterocycles. The van der Waals surface area contributed by atoms with Crippen molar-refractivity contribution in [2.24, 2.45) is 5.92 Å². The quantitative estimate of drug-likeness (QED) is 0.820. The number of halogens is 4. The van der Waals surface area contributed by atoms with Crippen molar-refractivity contribution in [3.05, 3.63) is 17.0 Å². The van der Waals surface area contributed by atoms with Crippen LogP contribution in [0.4, 0.5) is 19.0 Å². The largest absolute Gasteiger partial charge is 0.451 e. The van der Waals surface area contributed by atoms with E-state index in [1.807, 2.05) is 13.8 Å². The molecule has 0 aliphatic rings. The van der Waals surface area contributed by atoms with Gasteiger partial charge in [-0.2, -0.15) is 13.2 Å². The molecular formula is C11H15ClF3N3O. The third kappa shape index (κ3) is 5.61. The molecule has 19 heavy (non-hydrogen) atoms. The molecule has 0 fully saturated rings. The van der Waals surface area contributed by atoms with Gasteiger partial charge in [-0.15, -0.1) is 0 Å². The number of aliphatic hydroxyl groups is 1. The molecule has 0 saturated heterocycles. The van der Waals surface area contributed by atoms with E-state index in [0.717, 1.165) is 0 Å². The Morgan fingerprint density at radius 2 is 2.00 bits per heavy atom. The van der Waals surface area contributed by atoms with Crippen molar-refractivity contribution >= 4 is 17.4 Å². The van der Waals surface area contributed by atoms with Crippen LogP contribution in [-0.4, -0.2) is 27.7 Å². The lowest BCUT2D eigenvalue weighted by atomic mass is 10.1. The molecule has 0 bridgehead atoms. The molecule has 1 unspecified atom stereocenters. The Morgan fingerprint density at radius 3 is 2.53 bits per heavy atom. The number of hydrogen-bond acceptors (Lipinski definition) is 4. The third-order valence-corrected chi connectivity index (χ3v) is 2.40. The highest BCUT2D eigenvalue weighted by Gasteiger charge is 2.35. The highest BCUT2D eigenvalue weighted by Crippen LogP contribution is 2.28. The molecule has 0 spiro atoms. The van der Waals surface area contributed by atoms with Crippen LogP contribution in [0.25, 0.3) is 0 Å². The number of alkyl halides is 3. The molecule has 0 amide bonds. The van der Waals surface area contributed by atoms with Gasteiger partial charge < -0.3 is 10.4 Å². The average Bonchev–Trinajstić information content (AvgIpc) is 2.23. The van der Waals surface area contributed by atoms with Crippen LogP contribution in [0, 0.1) is 5.92 Å². The summed E-state index contributed by atoms with van der Waals surface area (Å²) in [5.74, 6) is -1.08. The van der Waals surface area contributed by atoms with E-state index < -0.39 is 18.1 Å². The van der Waals surface area contributed by atoms with Crippen molar-refractivity contribution in [1.82, 2.24) is 9.97 Å². The van der Waals surface area contributed by atoms with Gasteiger partial charge in [0, 0.05) is 12.6 Å². The molecule has 1 atom stereocenters. The highest BCUT2D eigenvalue weighted by molar-refractivity contribution is 6.29. The lowest BCUT2D eigenvalue weighted by molar-refractivity contribution is -0.144. The van der Waals surface area contributed by atoms with E-state index in [0.29, 0.717) is 6.42 Å². The molecule has 1 aromatic heterocycles. The lowest BCUT2D eigenvalue weighted by Crippen LogP contribution is -2.22. The molecule has 1 rings (SSSR count). The first-order valence-electron chi connectivity index (χ1n) is 5.72. The van der Waals surface area contributed by atoms with Crippen LogP contribution in [-0.2, 0) is 6.18 Å². The number of nitrogens with one attached hydrogen (secondary N) is 1. The molecule has 0 aliphatic carbocycles. The predicted molar refractivity (Wildman–Crippen MR) is 66.0 cm³/mol. The van der Waals surface area contributed by atoms with E-state index in [9.17, 15) is 18.3 Å². The van der Waals surface area contributed by atoms with Crippen molar-refractivity contribution in [3.8, 4) is 0 Å². The SMILES string of the molecule is CC(C)CC(O)CNc1cc(Cl)nc(C(F)(F)F)n1. The lowest BCUT2D eigenvalue weighted by Gasteiger charge is -2.15. The molecule has 0 saturated carbocycles. The summed E-state index contributed by atoms with van der Waals surface area (Å²) in [6.45, 7) is 3.97. The number of hydrogen-bond donors (Lipinski definition) is 2. The summed E-state index contributed by atoms with van der Waals surface area (Å²) >= 11 is 5.50. The van der Waals surface area contributed by atoms with E-state index in [1.165, 1.54) is 6.07 Å². The maximum absolute atomic E-state index is 12.5. The number of nitrogens with zero attached hydrogens (tertiary/aromatic N) is 2. The summed E-state index contributed by atoms with van der Waals surface area (Å²) in [5, 5.41) is 11.9.